The number of rotatable bonds is 1. The Kier molecular flexibility index (Phi) is 2.54. The zero-order chi connectivity index (χ0) is 9.52. The summed E-state index contributed by atoms with van der Waals surface area (Å²) in [5, 5.41) is 0. The van der Waals surface area contributed by atoms with Gasteiger partial charge in [0.1, 0.15) is 0 Å². The van der Waals surface area contributed by atoms with E-state index >= 15 is 0 Å². The molecule has 0 N–H and O–H groups in total. The van der Waals surface area contributed by atoms with Crippen molar-refractivity contribution >= 4 is 0 Å². The van der Waals surface area contributed by atoms with Crippen LogP contribution in [-0.4, -0.2) is 0 Å². The van der Waals surface area contributed by atoms with Gasteiger partial charge in [-0.25, -0.2) is 0 Å². The molecule has 0 saturated carbocycles. The summed E-state index contributed by atoms with van der Waals surface area (Å²) < 4.78 is 12.3. The molecule has 1 nitrogen and oxygen atoms in total. The van der Waals surface area contributed by atoms with E-state index in [1.54, 1.807) is 0 Å². The third kappa shape index (κ3) is 1.19. The average molecular weight is 247 g/mol. The van der Waals surface area contributed by atoms with Crippen molar-refractivity contribution in [1.29, 1.82) is 0 Å². The van der Waals surface area contributed by atoms with E-state index in [2.05, 4.69) is 34.6 Å². The second-order valence-electron chi connectivity index (χ2n) is 3.91. The van der Waals surface area contributed by atoms with Crippen LogP contribution in [0.4, 0.5) is 0 Å². The van der Waals surface area contributed by atoms with Crippen molar-refractivity contribution in [3.05, 3.63) is 20.7 Å². The first-order valence-electron chi connectivity index (χ1n) is 4.12. The molecule has 0 amide bonds. The molecule has 1 aliphatic carbocycles. The maximum absolute atomic E-state index is 11.1. The first kappa shape index (κ1) is 10.1. The summed E-state index contributed by atoms with van der Waals surface area (Å²) in [6.07, 6.45) is 0. The summed E-state index contributed by atoms with van der Waals surface area (Å²) >= 11 is -1.16. The molecule has 0 atom stereocenters. The summed E-state index contributed by atoms with van der Waals surface area (Å²) in [7, 11) is 0. The van der Waals surface area contributed by atoms with Crippen molar-refractivity contribution in [1.82, 2.24) is 0 Å². The van der Waals surface area contributed by atoms with E-state index in [0.717, 1.165) is 0 Å². The van der Waals surface area contributed by atoms with Gasteiger partial charge in [-0.15, -0.1) is 0 Å². The van der Waals surface area contributed by atoms with Crippen molar-refractivity contribution in [2.24, 2.45) is 5.41 Å². The van der Waals surface area contributed by atoms with Gasteiger partial charge in [0, 0.05) is 0 Å². The molecule has 2 heteroatoms. The number of hydrogen-bond acceptors (Lipinski definition) is 1. The molecule has 0 fully saturated rings. The van der Waals surface area contributed by atoms with Crippen LogP contribution < -0.4 is 0 Å². The van der Waals surface area contributed by atoms with Crippen molar-refractivity contribution in [2.75, 3.05) is 0 Å². The fourth-order valence-electron chi connectivity index (χ4n) is 1.73. The van der Waals surface area contributed by atoms with E-state index < -0.39 is 18.5 Å². The molecular weight excluding hydrogens is 232 g/mol. The van der Waals surface area contributed by atoms with Crippen LogP contribution in [-0.2, 0) is 21.9 Å². The van der Waals surface area contributed by atoms with Crippen LogP contribution in [0.2, 0.25) is 0 Å². The number of hydrogen-bond donors (Lipinski definition) is 0. The Morgan fingerprint density at radius 2 is 1.58 bits per heavy atom. The van der Waals surface area contributed by atoms with Gasteiger partial charge in [-0.3, -0.25) is 0 Å². The van der Waals surface area contributed by atoms with E-state index in [9.17, 15) is 3.40 Å². The van der Waals surface area contributed by atoms with E-state index in [0.29, 0.717) is 0 Å². The summed E-state index contributed by atoms with van der Waals surface area (Å²) in [4.78, 5) is 0. The topological polar surface area (TPSA) is 17.1 Å². The zero-order valence-corrected chi connectivity index (χ0v) is 10.3. The standard InChI is InChI=1S/C10H15.Mo.O/c1-7-6-10(4,5)9(3)8(7)2;;/h1-5H3;;. The predicted octanol–water partition coefficient (Wildman–Crippen LogP) is 3.06. The van der Waals surface area contributed by atoms with Gasteiger partial charge in [-0.05, 0) is 0 Å². The Morgan fingerprint density at radius 1 is 1.08 bits per heavy atom. The molecule has 0 heterocycles. The van der Waals surface area contributed by atoms with Crippen molar-refractivity contribution in [3.63, 3.8) is 0 Å². The summed E-state index contributed by atoms with van der Waals surface area (Å²) in [5.74, 6) is 0. The summed E-state index contributed by atoms with van der Waals surface area (Å²) in [5.41, 5.74) is 4.07. The third-order valence-electron chi connectivity index (χ3n) is 3.05. The molecular formula is C10H15MoO. The molecule has 12 heavy (non-hydrogen) atoms. The molecule has 0 spiro atoms. The molecule has 0 saturated heterocycles. The second kappa shape index (κ2) is 3.03. The fraction of sp³-hybridized carbons (Fsp3) is 0.600. The molecule has 0 aromatic carbocycles. The Morgan fingerprint density at radius 3 is 1.75 bits per heavy atom. The van der Waals surface area contributed by atoms with E-state index in [1.807, 2.05) is 0 Å². The van der Waals surface area contributed by atoms with Gasteiger partial charge in [-0.2, -0.15) is 0 Å². The molecule has 0 aromatic heterocycles. The molecule has 67 valence electrons. The summed E-state index contributed by atoms with van der Waals surface area (Å²) in [6.45, 7) is 10.7. The summed E-state index contributed by atoms with van der Waals surface area (Å²) in [6, 6.07) is 0. The average Bonchev–Trinajstić information content (AvgIpc) is 2.13. The van der Waals surface area contributed by atoms with Crippen LogP contribution in [0.25, 0.3) is 0 Å². The maximum atomic E-state index is 11.1. The first-order valence-corrected chi connectivity index (χ1v) is 5.94. The quantitative estimate of drug-likeness (QED) is 0.651. The van der Waals surface area contributed by atoms with Crippen LogP contribution in [0.5, 0.6) is 0 Å². The monoisotopic (exact) mass is 249 g/mol. The molecule has 1 rings (SSSR count). The van der Waals surface area contributed by atoms with Gasteiger partial charge in [0.25, 0.3) is 0 Å². The number of allylic oxidation sites excluding steroid dienone is 4. The van der Waals surface area contributed by atoms with E-state index in [1.165, 1.54) is 20.7 Å². The molecule has 0 aliphatic heterocycles. The van der Waals surface area contributed by atoms with Crippen LogP contribution in [0.1, 0.15) is 34.6 Å². The van der Waals surface area contributed by atoms with Crippen molar-refractivity contribution < 1.29 is 21.9 Å². The van der Waals surface area contributed by atoms with Crippen LogP contribution in [0.3, 0.4) is 0 Å². The van der Waals surface area contributed by atoms with Gasteiger partial charge in [0.2, 0.25) is 0 Å². The van der Waals surface area contributed by atoms with E-state index in [-0.39, 0.29) is 5.41 Å². The minimum atomic E-state index is -1.16. The van der Waals surface area contributed by atoms with Crippen LogP contribution in [0, 0.1) is 5.41 Å². The molecule has 0 radical (unpaired) electrons. The predicted molar refractivity (Wildman–Crippen MR) is 45.5 cm³/mol. The minimum absolute atomic E-state index is 0.0676. The molecule has 0 bridgehead atoms. The molecule has 0 aromatic rings. The van der Waals surface area contributed by atoms with Crippen molar-refractivity contribution in [3.8, 4) is 0 Å². The fourth-order valence-corrected chi connectivity index (χ4v) is 3.30. The normalized spacial score (nSPS) is 22.1. The Balaban J connectivity index is 3.33. The van der Waals surface area contributed by atoms with E-state index in [4.69, 9.17) is 0 Å². The molecule has 1 aliphatic rings. The SMILES string of the molecule is CC1=C(C)C(C)(C)[C]([Mo]=[O])=C1C. The second-order valence-corrected chi connectivity index (χ2v) is 5.33. The first-order chi connectivity index (χ1) is 5.42. The Labute approximate surface area is 82.8 Å². The van der Waals surface area contributed by atoms with Crippen LogP contribution >= 0.6 is 0 Å². The molecule has 0 unspecified atom stereocenters. The van der Waals surface area contributed by atoms with Gasteiger partial charge in [-0.1, -0.05) is 0 Å². The van der Waals surface area contributed by atoms with Gasteiger partial charge in [0.15, 0.2) is 0 Å². The Bertz CT molecular complexity index is 295. The zero-order valence-electron chi connectivity index (χ0n) is 8.32. The van der Waals surface area contributed by atoms with Gasteiger partial charge in [0.05, 0.1) is 0 Å². The van der Waals surface area contributed by atoms with Gasteiger partial charge >= 0.3 is 82.6 Å². The van der Waals surface area contributed by atoms with Crippen molar-refractivity contribution in [2.45, 2.75) is 34.6 Å². The third-order valence-corrected chi connectivity index (χ3v) is 5.47. The Hall–Kier alpha value is -0.0317. The van der Waals surface area contributed by atoms with Gasteiger partial charge < -0.3 is 0 Å². The van der Waals surface area contributed by atoms with Crippen LogP contribution in [0.15, 0.2) is 20.7 Å².